The van der Waals surface area contributed by atoms with Gasteiger partial charge in [0, 0.05) is 11.5 Å². The van der Waals surface area contributed by atoms with E-state index in [0.717, 1.165) is 18.4 Å². The Labute approximate surface area is 91.6 Å². The quantitative estimate of drug-likeness (QED) is 0.866. The van der Waals surface area contributed by atoms with Crippen LogP contribution in [0.3, 0.4) is 0 Å². The minimum atomic E-state index is -0.201. The molecule has 2 N–H and O–H groups in total. The zero-order valence-corrected chi connectivity index (χ0v) is 9.64. The molecule has 0 heterocycles. The summed E-state index contributed by atoms with van der Waals surface area (Å²) in [6.45, 7) is 2.08. The first-order chi connectivity index (χ1) is 6.57. The van der Waals surface area contributed by atoms with Gasteiger partial charge in [-0.15, -0.1) is 0 Å². The SMILES string of the molecule is CC[C@@]1(N)C[C@H]1c1ccc(Br)c(F)c1. The first-order valence-corrected chi connectivity index (χ1v) is 5.60. The van der Waals surface area contributed by atoms with Gasteiger partial charge in [0.1, 0.15) is 5.82 Å². The Balaban J connectivity index is 2.24. The van der Waals surface area contributed by atoms with Crippen molar-refractivity contribution in [3.8, 4) is 0 Å². The van der Waals surface area contributed by atoms with Gasteiger partial charge in [-0.05, 0) is 46.5 Å². The van der Waals surface area contributed by atoms with E-state index in [2.05, 4.69) is 22.9 Å². The van der Waals surface area contributed by atoms with Gasteiger partial charge in [-0.25, -0.2) is 4.39 Å². The summed E-state index contributed by atoms with van der Waals surface area (Å²) in [5.74, 6) is 0.142. The lowest BCUT2D eigenvalue weighted by atomic mass is 10.1. The lowest BCUT2D eigenvalue weighted by Crippen LogP contribution is -2.22. The second-order valence-electron chi connectivity index (χ2n) is 4.02. The largest absolute Gasteiger partial charge is 0.325 e. The van der Waals surface area contributed by atoms with Crippen LogP contribution in [0.5, 0.6) is 0 Å². The smallest absolute Gasteiger partial charge is 0.137 e. The van der Waals surface area contributed by atoms with Crippen LogP contribution in [0.25, 0.3) is 0 Å². The van der Waals surface area contributed by atoms with Crippen LogP contribution in [-0.2, 0) is 0 Å². The molecular formula is C11H13BrFN. The number of halogens is 2. The van der Waals surface area contributed by atoms with Crippen LogP contribution in [-0.4, -0.2) is 5.54 Å². The molecule has 14 heavy (non-hydrogen) atoms. The number of hydrogen-bond acceptors (Lipinski definition) is 1. The van der Waals surface area contributed by atoms with Gasteiger partial charge in [-0.1, -0.05) is 13.0 Å². The first-order valence-electron chi connectivity index (χ1n) is 4.80. The average molecular weight is 258 g/mol. The summed E-state index contributed by atoms with van der Waals surface area (Å²) in [5, 5.41) is 0. The molecule has 0 aliphatic heterocycles. The van der Waals surface area contributed by atoms with Crippen LogP contribution in [0.4, 0.5) is 4.39 Å². The summed E-state index contributed by atoms with van der Waals surface area (Å²) < 4.78 is 13.8. The highest BCUT2D eigenvalue weighted by molar-refractivity contribution is 9.10. The first kappa shape index (κ1) is 10.1. The van der Waals surface area contributed by atoms with Gasteiger partial charge >= 0.3 is 0 Å². The molecule has 0 spiro atoms. The van der Waals surface area contributed by atoms with E-state index in [0.29, 0.717) is 10.4 Å². The summed E-state index contributed by atoms with van der Waals surface area (Å²) in [5.41, 5.74) is 7.02. The van der Waals surface area contributed by atoms with Crippen molar-refractivity contribution < 1.29 is 4.39 Å². The zero-order chi connectivity index (χ0) is 10.3. The molecule has 76 valence electrons. The number of benzene rings is 1. The maximum absolute atomic E-state index is 13.2. The van der Waals surface area contributed by atoms with Crippen molar-refractivity contribution in [3.63, 3.8) is 0 Å². The van der Waals surface area contributed by atoms with Gasteiger partial charge in [-0.3, -0.25) is 0 Å². The van der Waals surface area contributed by atoms with Gasteiger partial charge in [0.2, 0.25) is 0 Å². The fraction of sp³-hybridized carbons (Fsp3) is 0.455. The molecule has 1 aliphatic rings. The lowest BCUT2D eigenvalue weighted by molar-refractivity contribution is 0.608. The highest BCUT2D eigenvalue weighted by Gasteiger charge is 2.50. The fourth-order valence-electron chi connectivity index (χ4n) is 1.89. The summed E-state index contributed by atoms with van der Waals surface area (Å²) >= 11 is 3.14. The maximum atomic E-state index is 13.2. The van der Waals surface area contributed by atoms with E-state index in [-0.39, 0.29) is 11.4 Å². The Kier molecular flexibility index (Phi) is 2.40. The monoisotopic (exact) mass is 257 g/mol. The molecule has 1 aliphatic carbocycles. The van der Waals surface area contributed by atoms with Crippen molar-refractivity contribution in [1.29, 1.82) is 0 Å². The highest BCUT2D eigenvalue weighted by Crippen LogP contribution is 2.51. The molecule has 0 radical (unpaired) electrons. The topological polar surface area (TPSA) is 26.0 Å². The summed E-state index contributed by atoms with van der Waals surface area (Å²) in [6.07, 6.45) is 1.93. The minimum Gasteiger partial charge on any atom is -0.325 e. The van der Waals surface area contributed by atoms with E-state index in [9.17, 15) is 4.39 Å². The second kappa shape index (κ2) is 3.31. The van der Waals surface area contributed by atoms with E-state index in [1.54, 1.807) is 12.1 Å². The Hall–Kier alpha value is -0.410. The molecule has 0 unspecified atom stereocenters. The molecule has 1 nitrogen and oxygen atoms in total. The molecule has 0 saturated heterocycles. The van der Waals surface area contributed by atoms with Crippen molar-refractivity contribution >= 4 is 15.9 Å². The maximum Gasteiger partial charge on any atom is 0.137 e. The van der Waals surface area contributed by atoms with Crippen LogP contribution in [0.15, 0.2) is 22.7 Å². The van der Waals surface area contributed by atoms with Gasteiger partial charge < -0.3 is 5.73 Å². The van der Waals surface area contributed by atoms with Gasteiger partial charge in [0.15, 0.2) is 0 Å². The lowest BCUT2D eigenvalue weighted by Gasteiger charge is -2.08. The molecule has 0 bridgehead atoms. The Morgan fingerprint density at radius 3 is 2.86 bits per heavy atom. The predicted octanol–water partition coefficient (Wildman–Crippen LogP) is 3.18. The summed E-state index contributed by atoms with van der Waals surface area (Å²) in [7, 11) is 0. The summed E-state index contributed by atoms with van der Waals surface area (Å²) in [4.78, 5) is 0. The standard InChI is InChI=1S/C11H13BrFN/c1-2-11(14)6-8(11)7-3-4-9(12)10(13)5-7/h3-5,8H,2,6,14H2,1H3/t8-,11+/m0/s1. The third-order valence-corrected chi connectivity index (χ3v) is 3.77. The molecule has 0 amide bonds. The van der Waals surface area contributed by atoms with E-state index >= 15 is 0 Å². The average Bonchev–Trinajstić information content (AvgIpc) is 2.84. The van der Waals surface area contributed by atoms with Crippen molar-refractivity contribution in [1.82, 2.24) is 0 Å². The molecule has 1 saturated carbocycles. The fourth-order valence-corrected chi connectivity index (χ4v) is 2.14. The molecule has 1 fully saturated rings. The van der Waals surface area contributed by atoms with Crippen LogP contribution in [0.2, 0.25) is 0 Å². The third-order valence-electron chi connectivity index (χ3n) is 3.12. The Morgan fingerprint density at radius 1 is 1.64 bits per heavy atom. The van der Waals surface area contributed by atoms with Crippen LogP contribution >= 0.6 is 15.9 Å². The van der Waals surface area contributed by atoms with Gasteiger partial charge in [-0.2, -0.15) is 0 Å². The Morgan fingerprint density at radius 2 is 2.36 bits per heavy atom. The zero-order valence-electron chi connectivity index (χ0n) is 8.06. The van der Waals surface area contributed by atoms with Crippen molar-refractivity contribution in [2.24, 2.45) is 5.73 Å². The molecule has 2 rings (SSSR count). The molecule has 1 aromatic rings. The van der Waals surface area contributed by atoms with Crippen molar-refractivity contribution in [2.75, 3.05) is 0 Å². The van der Waals surface area contributed by atoms with Gasteiger partial charge in [0.05, 0.1) is 4.47 Å². The molecule has 1 aromatic carbocycles. The van der Waals surface area contributed by atoms with Crippen LogP contribution < -0.4 is 5.73 Å². The van der Waals surface area contributed by atoms with E-state index in [4.69, 9.17) is 5.73 Å². The predicted molar refractivity (Wildman–Crippen MR) is 58.7 cm³/mol. The third kappa shape index (κ3) is 1.59. The molecule has 3 heteroatoms. The molecule has 0 aromatic heterocycles. The minimum absolute atomic E-state index is 0.0831. The Bertz CT molecular complexity index is 366. The summed E-state index contributed by atoms with van der Waals surface area (Å²) in [6, 6.07) is 5.28. The van der Waals surface area contributed by atoms with Gasteiger partial charge in [0.25, 0.3) is 0 Å². The number of hydrogen-bond donors (Lipinski definition) is 1. The van der Waals surface area contributed by atoms with Crippen LogP contribution in [0, 0.1) is 5.82 Å². The van der Waals surface area contributed by atoms with E-state index in [1.165, 1.54) is 0 Å². The number of rotatable bonds is 2. The highest BCUT2D eigenvalue weighted by atomic mass is 79.9. The second-order valence-corrected chi connectivity index (χ2v) is 4.87. The normalized spacial score (nSPS) is 30.4. The molecular weight excluding hydrogens is 245 g/mol. The van der Waals surface area contributed by atoms with E-state index < -0.39 is 0 Å². The van der Waals surface area contributed by atoms with E-state index in [1.807, 2.05) is 6.07 Å². The van der Waals surface area contributed by atoms with Crippen LogP contribution in [0.1, 0.15) is 31.2 Å². The van der Waals surface area contributed by atoms with Crippen molar-refractivity contribution in [3.05, 3.63) is 34.1 Å². The molecule has 2 atom stereocenters. The number of nitrogens with two attached hydrogens (primary N) is 1. The van der Waals surface area contributed by atoms with Crippen molar-refractivity contribution in [2.45, 2.75) is 31.2 Å².